The van der Waals surface area contributed by atoms with E-state index in [9.17, 15) is 5.11 Å². The molecular formula is C11H19BrN2O. The number of nitrogens with zero attached hydrogens (tertiary/aromatic N) is 2. The summed E-state index contributed by atoms with van der Waals surface area (Å²) in [5.74, 6) is 0.348. The fourth-order valence-corrected chi connectivity index (χ4v) is 2.34. The molecule has 0 aliphatic carbocycles. The summed E-state index contributed by atoms with van der Waals surface area (Å²) in [6.45, 7) is 4.39. The average molecular weight is 275 g/mol. The Bertz CT molecular complexity index is 323. The van der Waals surface area contributed by atoms with Crippen molar-refractivity contribution in [2.24, 2.45) is 13.0 Å². The second kappa shape index (κ2) is 5.66. The van der Waals surface area contributed by atoms with Gasteiger partial charge in [-0.3, -0.25) is 4.68 Å². The summed E-state index contributed by atoms with van der Waals surface area (Å²) in [6.07, 6.45) is 3.06. The Morgan fingerprint density at radius 1 is 1.53 bits per heavy atom. The summed E-state index contributed by atoms with van der Waals surface area (Å²) < 4.78 is 2.98. The second-order valence-corrected chi connectivity index (χ2v) is 4.80. The van der Waals surface area contributed by atoms with Gasteiger partial charge in [-0.15, -0.1) is 0 Å². The molecule has 1 rings (SSSR count). The predicted molar refractivity (Wildman–Crippen MR) is 64.8 cm³/mol. The summed E-state index contributed by atoms with van der Waals surface area (Å²) in [4.78, 5) is 0. The van der Waals surface area contributed by atoms with Crippen molar-refractivity contribution in [2.45, 2.75) is 33.1 Å². The number of hydrogen-bond donors (Lipinski definition) is 1. The van der Waals surface area contributed by atoms with E-state index in [-0.39, 0.29) is 6.61 Å². The molecule has 1 atom stereocenters. The molecule has 0 amide bonds. The van der Waals surface area contributed by atoms with Gasteiger partial charge in [0.25, 0.3) is 0 Å². The maximum absolute atomic E-state index is 9.26. The number of hydrogen-bond acceptors (Lipinski definition) is 2. The Balaban J connectivity index is 2.78. The van der Waals surface area contributed by atoms with Crippen LogP contribution in [-0.2, 0) is 13.5 Å². The van der Waals surface area contributed by atoms with E-state index in [1.807, 2.05) is 18.7 Å². The Labute approximate surface area is 99.6 Å². The molecule has 0 saturated carbocycles. The first-order valence-corrected chi connectivity index (χ1v) is 6.18. The first kappa shape index (κ1) is 12.7. The third kappa shape index (κ3) is 3.05. The summed E-state index contributed by atoms with van der Waals surface area (Å²) >= 11 is 3.54. The van der Waals surface area contributed by atoms with Crippen LogP contribution in [0, 0.1) is 12.8 Å². The normalized spacial score (nSPS) is 13.1. The van der Waals surface area contributed by atoms with Gasteiger partial charge in [-0.2, -0.15) is 5.10 Å². The van der Waals surface area contributed by atoms with Crippen molar-refractivity contribution >= 4 is 15.9 Å². The van der Waals surface area contributed by atoms with Gasteiger partial charge in [-0.25, -0.2) is 0 Å². The summed E-state index contributed by atoms with van der Waals surface area (Å²) in [6, 6.07) is 0. The van der Waals surface area contributed by atoms with Gasteiger partial charge in [0, 0.05) is 13.7 Å². The van der Waals surface area contributed by atoms with Crippen molar-refractivity contribution in [3.63, 3.8) is 0 Å². The molecule has 4 heteroatoms. The Kier molecular flexibility index (Phi) is 4.80. The fourth-order valence-electron chi connectivity index (χ4n) is 1.84. The van der Waals surface area contributed by atoms with Gasteiger partial charge < -0.3 is 5.11 Å². The van der Waals surface area contributed by atoms with Crippen LogP contribution in [0.1, 0.15) is 31.2 Å². The molecule has 0 saturated heterocycles. The second-order valence-electron chi connectivity index (χ2n) is 4.01. The Morgan fingerprint density at radius 3 is 2.60 bits per heavy atom. The molecule has 0 fully saturated rings. The highest BCUT2D eigenvalue weighted by atomic mass is 79.9. The molecule has 15 heavy (non-hydrogen) atoms. The lowest BCUT2D eigenvalue weighted by atomic mass is 9.99. The molecule has 0 bridgehead atoms. The molecule has 0 radical (unpaired) electrons. The molecule has 0 aliphatic heterocycles. The molecule has 1 heterocycles. The van der Waals surface area contributed by atoms with Crippen LogP contribution in [-0.4, -0.2) is 21.5 Å². The van der Waals surface area contributed by atoms with Crippen LogP contribution in [0.2, 0.25) is 0 Å². The zero-order chi connectivity index (χ0) is 11.4. The number of aliphatic hydroxyl groups is 1. The SMILES string of the molecule is CCCC(CO)Cc1c(Br)c(C)nn1C. The molecule has 1 N–H and O–H groups in total. The van der Waals surface area contributed by atoms with E-state index < -0.39 is 0 Å². The predicted octanol–water partition coefficient (Wildman–Crippen LogP) is 2.44. The van der Waals surface area contributed by atoms with E-state index in [1.165, 1.54) is 5.69 Å². The quantitative estimate of drug-likeness (QED) is 0.896. The smallest absolute Gasteiger partial charge is 0.0738 e. The minimum atomic E-state index is 0.254. The lowest BCUT2D eigenvalue weighted by molar-refractivity contribution is 0.215. The fraction of sp³-hybridized carbons (Fsp3) is 0.727. The van der Waals surface area contributed by atoms with Crippen LogP contribution < -0.4 is 0 Å². The monoisotopic (exact) mass is 274 g/mol. The highest BCUT2D eigenvalue weighted by Crippen LogP contribution is 2.24. The third-order valence-electron chi connectivity index (χ3n) is 2.70. The van der Waals surface area contributed by atoms with Crippen molar-refractivity contribution < 1.29 is 5.11 Å². The van der Waals surface area contributed by atoms with Crippen LogP contribution in [0.15, 0.2) is 4.47 Å². The lowest BCUT2D eigenvalue weighted by Crippen LogP contribution is -2.12. The van der Waals surface area contributed by atoms with Gasteiger partial charge >= 0.3 is 0 Å². The van der Waals surface area contributed by atoms with Gasteiger partial charge in [0.05, 0.1) is 15.9 Å². The standard InChI is InChI=1S/C11H19BrN2O/c1-4-5-9(7-15)6-10-11(12)8(2)13-14(10)3/h9,15H,4-7H2,1-3H3. The zero-order valence-corrected chi connectivity index (χ0v) is 11.2. The van der Waals surface area contributed by atoms with E-state index in [0.717, 1.165) is 29.4 Å². The van der Waals surface area contributed by atoms with Crippen LogP contribution in [0.25, 0.3) is 0 Å². The van der Waals surface area contributed by atoms with Crippen LogP contribution in [0.3, 0.4) is 0 Å². The van der Waals surface area contributed by atoms with Crippen molar-refractivity contribution in [1.82, 2.24) is 9.78 Å². The number of aryl methyl sites for hydroxylation is 2. The third-order valence-corrected chi connectivity index (χ3v) is 3.73. The number of aromatic nitrogens is 2. The first-order chi connectivity index (χ1) is 7.10. The van der Waals surface area contributed by atoms with Crippen LogP contribution in [0.4, 0.5) is 0 Å². The lowest BCUT2D eigenvalue weighted by Gasteiger charge is -2.13. The Hall–Kier alpha value is -0.350. The molecule has 1 aromatic heterocycles. The van der Waals surface area contributed by atoms with Gasteiger partial charge in [0.15, 0.2) is 0 Å². The first-order valence-electron chi connectivity index (χ1n) is 5.39. The molecule has 3 nitrogen and oxygen atoms in total. The minimum absolute atomic E-state index is 0.254. The van der Waals surface area contributed by atoms with E-state index in [2.05, 4.69) is 28.0 Å². The van der Waals surface area contributed by atoms with Crippen LogP contribution >= 0.6 is 15.9 Å². The van der Waals surface area contributed by atoms with E-state index in [0.29, 0.717) is 5.92 Å². The van der Waals surface area contributed by atoms with Crippen molar-refractivity contribution in [1.29, 1.82) is 0 Å². The van der Waals surface area contributed by atoms with Crippen molar-refractivity contribution in [3.05, 3.63) is 15.9 Å². The van der Waals surface area contributed by atoms with Crippen LogP contribution in [0.5, 0.6) is 0 Å². The van der Waals surface area contributed by atoms with Crippen molar-refractivity contribution in [3.8, 4) is 0 Å². The highest BCUT2D eigenvalue weighted by Gasteiger charge is 2.15. The topological polar surface area (TPSA) is 38.1 Å². The van der Waals surface area contributed by atoms with Gasteiger partial charge in [0.2, 0.25) is 0 Å². The van der Waals surface area contributed by atoms with E-state index in [1.54, 1.807) is 0 Å². The summed E-state index contributed by atoms with van der Waals surface area (Å²) in [7, 11) is 1.95. The maximum atomic E-state index is 9.26. The molecular weight excluding hydrogens is 256 g/mol. The molecule has 1 unspecified atom stereocenters. The maximum Gasteiger partial charge on any atom is 0.0738 e. The summed E-state index contributed by atoms with van der Waals surface area (Å²) in [5, 5.41) is 13.6. The summed E-state index contributed by atoms with van der Waals surface area (Å²) in [5.41, 5.74) is 2.20. The zero-order valence-electron chi connectivity index (χ0n) is 9.63. The largest absolute Gasteiger partial charge is 0.396 e. The molecule has 0 aromatic carbocycles. The highest BCUT2D eigenvalue weighted by molar-refractivity contribution is 9.10. The van der Waals surface area contributed by atoms with Gasteiger partial charge in [0.1, 0.15) is 0 Å². The van der Waals surface area contributed by atoms with Gasteiger partial charge in [-0.05, 0) is 41.6 Å². The minimum Gasteiger partial charge on any atom is -0.396 e. The van der Waals surface area contributed by atoms with Crippen molar-refractivity contribution in [2.75, 3.05) is 6.61 Å². The molecule has 86 valence electrons. The number of rotatable bonds is 5. The molecule has 0 aliphatic rings. The van der Waals surface area contributed by atoms with E-state index >= 15 is 0 Å². The van der Waals surface area contributed by atoms with E-state index in [4.69, 9.17) is 0 Å². The Morgan fingerprint density at radius 2 is 2.20 bits per heavy atom. The molecule has 1 aromatic rings. The molecule has 0 spiro atoms. The average Bonchev–Trinajstić information content (AvgIpc) is 2.44. The van der Waals surface area contributed by atoms with Gasteiger partial charge in [-0.1, -0.05) is 13.3 Å². The number of aliphatic hydroxyl groups excluding tert-OH is 1. The number of halogens is 1.